The summed E-state index contributed by atoms with van der Waals surface area (Å²) < 4.78 is 0. The highest BCUT2D eigenvalue weighted by Gasteiger charge is 2.17. The Morgan fingerprint density at radius 3 is 2.30 bits per heavy atom. The molecule has 0 heterocycles. The van der Waals surface area contributed by atoms with Crippen LogP contribution in [-0.4, -0.2) is 30.9 Å². The molecule has 1 aromatic rings. The third-order valence-electron chi connectivity index (χ3n) is 3.61. The fourth-order valence-electron chi connectivity index (χ4n) is 2.28. The summed E-state index contributed by atoms with van der Waals surface area (Å²) >= 11 is 0. The Balaban J connectivity index is 2.59. The molecular formula is C17H28N2O. The highest BCUT2D eigenvalue weighted by Crippen LogP contribution is 2.15. The molecule has 2 unspecified atom stereocenters. The largest absolute Gasteiger partial charge is 0.347 e. The summed E-state index contributed by atoms with van der Waals surface area (Å²) in [5, 5.41) is 3.35. The molecule has 0 aliphatic rings. The number of nitrogens with zero attached hydrogens (tertiary/aromatic N) is 1. The van der Waals surface area contributed by atoms with E-state index in [0.717, 1.165) is 6.42 Å². The van der Waals surface area contributed by atoms with E-state index in [1.54, 1.807) is 19.0 Å². The first kappa shape index (κ1) is 16.7. The summed E-state index contributed by atoms with van der Waals surface area (Å²) in [4.78, 5) is 13.5. The lowest BCUT2D eigenvalue weighted by atomic mass is 10.0. The van der Waals surface area contributed by atoms with Crippen LogP contribution < -0.4 is 5.32 Å². The molecule has 0 aliphatic carbocycles. The van der Waals surface area contributed by atoms with Crippen molar-refractivity contribution in [2.24, 2.45) is 0 Å². The van der Waals surface area contributed by atoms with Gasteiger partial charge in [-0.3, -0.25) is 10.1 Å². The number of rotatable bonds is 7. The third kappa shape index (κ3) is 4.97. The van der Waals surface area contributed by atoms with E-state index in [-0.39, 0.29) is 18.0 Å². The molecule has 0 radical (unpaired) electrons. The number of aryl methyl sites for hydroxylation is 1. The molecule has 1 amide bonds. The molecule has 1 N–H and O–H groups in total. The van der Waals surface area contributed by atoms with Gasteiger partial charge in [-0.2, -0.15) is 0 Å². The SMILES string of the molecule is CCCCc1ccc(C(C)NC(C)C(=O)N(C)C)cc1. The van der Waals surface area contributed by atoms with Gasteiger partial charge in [0.2, 0.25) is 5.91 Å². The molecule has 0 saturated carbocycles. The molecule has 2 atom stereocenters. The molecule has 0 aliphatic heterocycles. The lowest BCUT2D eigenvalue weighted by molar-refractivity contribution is -0.130. The number of unbranched alkanes of at least 4 members (excludes halogenated alkanes) is 1. The van der Waals surface area contributed by atoms with E-state index in [1.807, 2.05) is 6.92 Å². The second kappa shape index (κ2) is 8.05. The maximum absolute atomic E-state index is 11.8. The molecule has 0 saturated heterocycles. The standard InChI is InChI=1S/C17H28N2O/c1-6-7-8-15-9-11-16(12-10-15)13(2)18-14(3)17(20)19(4)5/h9-14,18H,6-8H2,1-5H3. The van der Waals surface area contributed by atoms with Gasteiger partial charge in [0.25, 0.3) is 0 Å². The van der Waals surface area contributed by atoms with E-state index in [4.69, 9.17) is 0 Å². The zero-order chi connectivity index (χ0) is 15.1. The zero-order valence-corrected chi connectivity index (χ0v) is 13.4. The lowest BCUT2D eigenvalue weighted by Crippen LogP contribution is -2.42. The molecule has 1 aromatic carbocycles. The number of hydrogen-bond donors (Lipinski definition) is 1. The molecule has 3 heteroatoms. The minimum Gasteiger partial charge on any atom is -0.347 e. The van der Waals surface area contributed by atoms with Crippen molar-refractivity contribution in [3.63, 3.8) is 0 Å². The van der Waals surface area contributed by atoms with Crippen LogP contribution in [0.3, 0.4) is 0 Å². The maximum atomic E-state index is 11.8. The second-order valence-corrected chi connectivity index (χ2v) is 5.69. The van der Waals surface area contributed by atoms with E-state index in [2.05, 4.69) is 43.4 Å². The van der Waals surface area contributed by atoms with Gasteiger partial charge in [0.1, 0.15) is 0 Å². The number of likely N-dealkylation sites (N-methyl/N-ethyl adjacent to an activating group) is 1. The molecule has 3 nitrogen and oxygen atoms in total. The van der Waals surface area contributed by atoms with Crippen molar-refractivity contribution < 1.29 is 4.79 Å². The van der Waals surface area contributed by atoms with Gasteiger partial charge in [-0.1, -0.05) is 37.6 Å². The number of carbonyl (C=O) groups is 1. The van der Waals surface area contributed by atoms with Gasteiger partial charge in [0, 0.05) is 20.1 Å². The van der Waals surface area contributed by atoms with E-state index in [1.165, 1.54) is 24.0 Å². The van der Waals surface area contributed by atoms with Crippen molar-refractivity contribution in [2.75, 3.05) is 14.1 Å². The minimum atomic E-state index is -0.167. The highest BCUT2D eigenvalue weighted by atomic mass is 16.2. The third-order valence-corrected chi connectivity index (χ3v) is 3.61. The van der Waals surface area contributed by atoms with Crippen LogP contribution in [0.15, 0.2) is 24.3 Å². The predicted octanol–water partition coefficient (Wildman–Crippen LogP) is 3.16. The fraction of sp³-hybridized carbons (Fsp3) is 0.588. The van der Waals surface area contributed by atoms with Crippen LogP contribution in [0.4, 0.5) is 0 Å². The molecule has 0 bridgehead atoms. The normalized spacial score (nSPS) is 13.8. The van der Waals surface area contributed by atoms with Crippen molar-refractivity contribution in [3.8, 4) is 0 Å². The monoisotopic (exact) mass is 276 g/mol. The van der Waals surface area contributed by atoms with E-state index in [9.17, 15) is 4.79 Å². The summed E-state index contributed by atoms with van der Waals surface area (Å²) in [6.07, 6.45) is 3.61. The molecule has 20 heavy (non-hydrogen) atoms. The van der Waals surface area contributed by atoms with Crippen LogP contribution in [0.5, 0.6) is 0 Å². The van der Waals surface area contributed by atoms with Crippen LogP contribution in [0, 0.1) is 0 Å². The Labute approximate surface area is 123 Å². The maximum Gasteiger partial charge on any atom is 0.238 e. The van der Waals surface area contributed by atoms with Gasteiger partial charge in [0.05, 0.1) is 6.04 Å². The van der Waals surface area contributed by atoms with Crippen molar-refractivity contribution >= 4 is 5.91 Å². The summed E-state index contributed by atoms with van der Waals surface area (Å²) in [5.41, 5.74) is 2.61. The Morgan fingerprint density at radius 1 is 1.20 bits per heavy atom. The summed E-state index contributed by atoms with van der Waals surface area (Å²) in [6, 6.07) is 8.72. The quantitative estimate of drug-likeness (QED) is 0.829. The van der Waals surface area contributed by atoms with Crippen LogP contribution in [-0.2, 0) is 11.2 Å². The van der Waals surface area contributed by atoms with Crippen molar-refractivity contribution in [1.82, 2.24) is 10.2 Å². The molecule has 0 aromatic heterocycles. The Kier molecular flexibility index (Phi) is 6.73. The van der Waals surface area contributed by atoms with Gasteiger partial charge in [-0.25, -0.2) is 0 Å². The van der Waals surface area contributed by atoms with Crippen molar-refractivity contribution in [2.45, 2.75) is 52.1 Å². The van der Waals surface area contributed by atoms with Gasteiger partial charge >= 0.3 is 0 Å². The fourth-order valence-corrected chi connectivity index (χ4v) is 2.28. The van der Waals surface area contributed by atoms with Crippen LogP contribution in [0.25, 0.3) is 0 Å². The summed E-state index contributed by atoms with van der Waals surface area (Å²) in [5.74, 6) is 0.108. The first-order valence-corrected chi connectivity index (χ1v) is 7.51. The Hall–Kier alpha value is -1.35. The van der Waals surface area contributed by atoms with E-state index in [0.29, 0.717) is 0 Å². The molecule has 0 spiro atoms. The first-order valence-electron chi connectivity index (χ1n) is 7.51. The Bertz CT molecular complexity index is 412. The summed E-state index contributed by atoms with van der Waals surface area (Å²) in [6.45, 7) is 6.22. The number of benzene rings is 1. The lowest BCUT2D eigenvalue weighted by Gasteiger charge is -2.22. The number of carbonyl (C=O) groups excluding carboxylic acids is 1. The van der Waals surface area contributed by atoms with Gasteiger partial charge in [-0.05, 0) is 37.8 Å². The molecule has 0 fully saturated rings. The van der Waals surface area contributed by atoms with Crippen molar-refractivity contribution in [3.05, 3.63) is 35.4 Å². The van der Waals surface area contributed by atoms with Crippen LogP contribution in [0.2, 0.25) is 0 Å². The first-order chi connectivity index (χ1) is 9.45. The zero-order valence-electron chi connectivity index (χ0n) is 13.4. The molecule has 112 valence electrons. The smallest absolute Gasteiger partial charge is 0.238 e. The average Bonchev–Trinajstić information content (AvgIpc) is 2.44. The number of nitrogens with one attached hydrogen (secondary N) is 1. The van der Waals surface area contributed by atoms with Gasteiger partial charge in [-0.15, -0.1) is 0 Å². The topological polar surface area (TPSA) is 32.3 Å². The van der Waals surface area contributed by atoms with E-state index >= 15 is 0 Å². The van der Waals surface area contributed by atoms with Crippen LogP contribution in [0.1, 0.15) is 50.8 Å². The minimum absolute atomic E-state index is 0.108. The highest BCUT2D eigenvalue weighted by molar-refractivity contribution is 5.80. The van der Waals surface area contributed by atoms with Crippen LogP contribution >= 0.6 is 0 Å². The van der Waals surface area contributed by atoms with Gasteiger partial charge in [0.15, 0.2) is 0 Å². The molecular weight excluding hydrogens is 248 g/mol. The van der Waals surface area contributed by atoms with Crippen molar-refractivity contribution in [1.29, 1.82) is 0 Å². The number of hydrogen-bond acceptors (Lipinski definition) is 2. The summed E-state index contributed by atoms with van der Waals surface area (Å²) in [7, 11) is 3.57. The number of amides is 1. The predicted molar refractivity (Wildman–Crippen MR) is 84.8 cm³/mol. The average molecular weight is 276 g/mol. The molecule has 1 rings (SSSR count). The van der Waals surface area contributed by atoms with E-state index < -0.39 is 0 Å². The Morgan fingerprint density at radius 2 is 1.80 bits per heavy atom. The van der Waals surface area contributed by atoms with Gasteiger partial charge < -0.3 is 4.90 Å². The second-order valence-electron chi connectivity index (χ2n) is 5.69.